The van der Waals surface area contributed by atoms with Gasteiger partial charge in [-0.3, -0.25) is 9.79 Å². The Kier molecular flexibility index (Phi) is 5.00. The lowest BCUT2D eigenvalue weighted by atomic mass is 9.65. The predicted octanol–water partition coefficient (Wildman–Crippen LogP) is 5.42. The third-order valence-corrected chi connectivity index (χ3v) is 9.17. The minimum absolute atomic E-state index is 0.124. The highest BCUT2D eigenvalue weighted by molar-refractivity contribution is 6.10. The average Bonchev–Trinajstić information content (AvgIpc) is 3.13. The van der Waals surface area contributed by atoms with Crippen LogP contribution in [-0.4, -0.2) is 40.8 Å². The molecule has 2 saturated heterocycles. The smallest absolute Gasteiger partial charge is 0.222 e. The van der Waals surface area contributed by atoms with E-state index in [2.05, 4.69) is 41.5 Å². The van der Waals surface area contributed by atoms with Gasteiger partial charge in [-0.05, 0) is 93.9 Å². The van der Waals surface area contributed by atoms with Crippen molar-refractivity contribution in [1.29, 1.82) is 0 Å². The molecule has 2 aliphatic carbocycles. The molecule has 0 radical (unpaired) electrons. The number of rotatable bonds is 1. The third-order valence-electron chi connectivity index (χ3n) is 9.17. The number of hydrogen-bond acceptors (Lipinski definition) is 3. The summed E-state index contributed by atoms with van der Waals surface area (Å²) in [6.45, 7) is 5.36. The topological polar surface area (TPSA) is 56.7 Å². The lowest BCUT2D eigenvalue weighted by molar-refractivity contribution is -0.132. The van der Waals surface area contributed by atoms with Crippen molar-refractivity contribution in [1.82, 2.24) is 4.90 Å². The van der Waals surface area contributed by atoms with Crippen LogP contribution in [0.4, 0.5) is 11.4 Å². The summed E-state index contributed by atoms with van der Waals surface area (Å²) >= 11 is 0. The second kappa shape index (κ2) is 7.78. The van der Waals surface area contributed by atoms with Crippen LogP contribution in [0.1, 0.15) is 81.8 Å². The summed E-state index contributed by atoms with van der Waals surface area (Å²) in [4.78, 5) is 20.4. The Labute approximate surface area is 192 Å². The largest absolute Gasteiger partial charge is 0.371 e. The van der Waals surface area contributed by atoms with Crippen LogP contribution in [0.15, 0.2) is 17.1 Å². The number of amides is 1. The van der Waals surface area contributed by atoms with Gasteiger partial charge in [-0.1, -0.05) is 19.3 Å². The molecule has 0 unspecified atom stereocenters. The summed E-state index contributed by atoms with van der Waals surface area (Å²) in [6.07, 6.45) is 12.7. The molecule has 1 aromatic rings. The van der Waals surface area contributed by atoms with E-state index in [1.54, 1.807) is 0 Å². The number of fused-ring (bicyclic) bond motifs is 1. The molecule has 0 bridgehead atoms. The molecule has 172 valence electrons. The molecular weight excluding hydrogens is 396 g/mol. The molecule has 6 rings (SSSR count). The summed E-state index contributed by atoms with van der Waals surface area (Å²) in [6, 6.07) is 5.51. The highest BCUT2D eigenvalue weighted by Gasteiger charge is 2.55. The van der Waals surface area contributed by atoms with Gasteiger partial charge in [0.05, 0.1) is 23.0 Å². The Balaban J connectivity index is 1.41. The van der Waals surface area contributed by atoms with Gasteiger partial charge in [0.25, 0.3) is 0 Å². The van der Waals surface area contributed by atoms with E-state index in [9.17, 15) is 4.79 Å². The van der Waals surface area contributed by atoms with E-state index in [1.807, 2.05) is 0 Å². The first-order valence-corrected chi connectivity index (χ1v) is 13.1. The molecular formula is C27H38N4O. The fraction of sp³-hybridized carbons (Fsp3) is 0.704. The highest BCUT2D eigenvalue weighted by atomic mass is 16.2. The summed E-state index contributed by atoms with van der Waals surface area (Å²) < 4.78 is 0. The van der Waals surface area contributed by atoms with Crippen LogP contribution >= 0.6 is 0 Å². The third kappa shape index (κ3) is 3.34. The zero-order valence-electron chi connectivity index (χ0n) is 19.8. The second-order valence-corrected chi connectivity index (χ2v) is 11.3. The van der Waals surface area contributed by atoms with Gasteiger partial charge in [0.2, 0.25) is 5.91 Å². The number of carbonyl (C=O) groups is 1. The van der Waals surface area contributed by atoms with Gasteiger partial charge in [0.1, 0.15) is 5.84 Å². The van der Waals surface area contributed by atoms with Crippen molar-refractivity contribution >= 4 is 23.1 Å². The molecule has 2 saturated carbocycles. The van der Waals surface area contributed by atoms with Crippen molar-refractivity contribution in [3.63, 3.8) is 0 Å². The first kappa shape index (κ1) is 20.6. The average molecular weight is 435 g/mol. The Hall–Kier alpha value is -2.04. The lowest BCUT2D eigenvalue weighted by Gasteiger charge is -2.51. The number of nitrogens with zero attached hydrogens (tertiary/aromatic N) is 2. The molecule has 4 fully saturated rings. The number of nitrogens with one attached hydrogen (secondary N) is 2. The molecule has 32 heavy (non-hydrogen) atoms. The fourth-order valence-corrected chi connectivity index (χ4v) is 7.49. The Morgan fingerprint density at radius 3 is 2.44 bits per heavy atom. The van der Waals surface area contributed by atoms with Gasteiger partial charge in [0.15, 0.2) is 0 Å². The molecule has 4 atom stereocenters. The first-order chi connectivity index (χ1) is 15.5. The van der Waals surface area contributed by atoms with Crippen molar-refractivity contribution in [2.75, 3.05) is 17.2 Å². The minimum Gasteiger partial charge on any atom is -0.371 e. The number of anilines is 2. The summed E-state index contributed by atoms with van der Waals surface area (Å²) in [5.41, 5.74) is 4.94. The molecule has 1 amide bonds. The van der Waals surface area contributed by atoms with Gasteiger partial charge in [-0.2, -0.15) is 0 Å². The SMILES string of the molecule is Cc1cc2c(cc1C)N[C@]1(C[C@H]3CCCC(=O)N4CC[C@@H](C1)[C@@H]34)C(=NC1CCCCC1)N2. The van der Waals surface area contributed by atoms with Crippen LogP contribution in [0.2, 0.25) is 0 Å². The Bertz CT molecular complexity index is 949. The molecule has 5 aliphatic rings. The molecule has 0 aromatic heterocycles. The summed E-state index contributed by atoms with van der Waals surface area (Å²) in [7, 11) is 0. The van der Waals surface area contributed by atoms with Crippen LogP contribution in [0, 0.1) is 25.7 Å². The molecule has 1 spiro atoms. The first-order valence-electron chi connectivity index (χ1n) is 13.1. The minimum atomic E-state index is -0.124. The van der Waals surface area contributed by atoms with E-state index in [1.165, 1.54) is 66.9 Å². The quantitative estimate of drug-likeness (QED) is 0.620. The highest BCUT2D eigenvalue weighted by Crippen LogP contribution is 2.51. The molecule has 2 N–H and O–H groups in total. The van der Waals surface area contributed by atoms with Crippen molar-refractivity contribution in [3.8, 4) is 0 Å². The van der Waals surface area contributed by atoms with Crippen molar-refractivity contribution < 1.29 is 4.79 Å². The van der Waals surface area contributed by atoms with Crippen LogP contribution in [0.5, 0.6) is 0 Å². The summed E-state index contributed by atoms with van der Waals surface area (Å²) in [5.74, 6) is 2.74. The molecule has 1 aromatic carbocycles. The predicted molar refractivity (Wildman–Crippen MR) is 130 cm³/mol. The molecule has 5 heteroatoms. The normalized spacial score (nSPS) is 35.8. The van der Waals surface area contributed by atoms with E-state index in [0.717, 1.165) is 38.6 Å². The summed E-state index contributed by atoms with van der Waals surface area (Å²) in [5, 5.41) is 7.93. The number of amidine groups is 1. The molecule has 3 heterocycles. The maximum absolute atomic E-state index is 12.7. The zero-order chi connectivity index (χ0) is 21.9. The number of carbonyl (C=O) groups excluding carboxylic acids is 1. The fourth-order valence-electron chi connectivity index (χ4n) is 7.49. The number of hydrogen-bond donors (Lipinski definition) is 2. The number of aryl methyl sites for hydroxylation is 2. The monoisotopic (exact) mass is 434 g/mol. The number of benzene rings is 1. The van der Waals surface area contributed by atoms with Crippen LogP contribution in [0.25, 0.3) is 0 Å². The molecule has 3 aliphatic heterocycles. The van der Waals surface area contributed by atoms with Gasteiger partial charge < -0.3 is 15.5 Å². The van der Waals surface area contributed by atoms with Gasteiger partial charge in [0, 0.05) is 19.0 Å². The lowest BCUT2D eigenvalue weighted by Crippen LogP contribution is -2.60. The molecule has 5 nitrogen and oxygen atoms in total. The van der Waals surface area contributed by atoms with E-state index in [-0.39, 0.29) is 5.54 Å². The second-order valence-electron chi connectivity index (χ2n) is 11.3. The van der Waals surface area contributed by atoms with Gasteiger partial charge in [-0.15, -0.1) is 0 Å². The van der Waals surface area contributed by atoms with E-state index >= 15 is 0 Å². The Morgan fingerprint density at radius 2 is 1.66 bits per heavy atom. The van der Waals surface area contributed by atoms with Crippen molar-refractivity contribution in [3.05, 3.63) is 23.3 Å². The van der Waals surface area contributed by atoms with E-state index in [0.29, 0.717) is 29.8 Å². The Morgan fingerprint density at radius 1 is 0.938 bits per heavy atom. The van der Waals surface area contributed by atoms with E-state index in [4.69, 9.17) is 4.99 Å². The van der Waals surface area contributed by atoms with Gasteiger partial charge >= 0.3 is 0 Å². The van der Waals surface area contributed by atoms with Crippen LogP contribution < -0.4 is 10.6 Å². The maximum Gasteiger partial charge on any atom is 0.222 e. The van der Waals surface area contributed by atoms with Crippen LogP contribution in [-0.2, 0) is 4.79 Å². The standard InChI is InChI=1S/C27H38N4O/c1-17-13-22-23(14-18(17)2)30-27(26(29-22)28-21-8-4-3-5-9-21)15-19-7-6-10-24(32)31-12-11-20(16-27)25(19)31/h13-14,19-21,25,30H,3-12,15-16H2,1-2H3,(H,28,29)/t19-,20+,25-,27+/m1/s1. The van der Waals surface area contributed by atoms with Crippen molar-refractivity contribution in [2.45, 2.75) is 102 Å². The zero-order valence-corrected chi connectivity index (χ0v) is 19.8. The maximum atomic E-state index is 12.7. The van der Waals surface area contributed by atoms with Gasteiger partial charge in [-0.25, -0.2) is 0 Å². The number of aliphatic imine (C=N–C) groups is 1. The van der Waals surface area contributed by atoms with Crippen LogP contribution in [0.3, 0.4) is 0 Å². The van der Waals surface area contributed by atoms with Crippen molar-refractivity contribution in [2.24, 2.45) is 16.8 Å². The van der Waals surface area contributed by atoms with E-state index < -0.39 is 0 Å².